The van der Waals surface area contributed by atoms with Crippen LogP contribution in [0.25, 0.3) is 0 Å². The summed E-state index contributed by atoms with van der Waals surface area (Å²) >= 11 is 0. The summed E-state index contributed by atoms with van der Waals surface area (Å²) in [6, 6.07) is 0. The van der Waals surface area contributed by atoms with Gasteiger partial charge in [0.1, 0.15) is 122 Å². The monoisotopic (exact) mass is 1080 g/mol. The molecule has 0 rings (SSSR count). The molecule has 0 aromatic rings. The van der Waals surface area contributed by atoms with Gasteiger partial charge in [-0.1, -0.05) is 0 Å². The summed E-state index contributed by atoms with van der Waals surface area (Å²) in [7, 11) is 0. The van der Waals surface area contributed by atoms with Gasteiger partial charge in [0.25, 0.3) is 0 Å². The first-order valence-electron chi connectivity index (χ1n) is 17.3. The van der Waals surface area contributed by atoms with Crippen LogP contribution in [0.1, 0.15) is 0 Å². The standard InChI is InChI=1S/5C6H12O7.Ca.3Na/c5*7-1-2(8)3(9)4(10)5(11)6(12)13;;;;/h5*2-5,7-11H,1H2,(H,12,13);;;;/q;;;;;+2;3*+1/p-5/t5*2-,3-,4+,5-;;;;/m11111..../s1. The molecule has 0 aromatic heterocycles. The van der Waals surface area contributed by atoms with Crippen LogP contribution in [-0.2, 0) is 24.0 Å². The van der Waals surface area contributed by atoms with Gasteiger partial charge in [-0.2, -0.15) is 0 Å². The zero-order chi connectivity index (χ0) is 53.0. The Morgan fingerprint density at radius 3 is 0.391 bits per heavy atom. The molecular formula is C30H55CaNa3O35. The fourth-order valence-corrected chi connectivity index (χ4v) is 3.31. The molecule has 0 unspecified atom stereocenters. The van der Waals surface area contributed by atoms with E-state index in [0.29, 0.717) is 0 Å². The van der Waals surface area contributed by atoms with E-state index in [1.54, 1.807) is 0 Å². The van der Waals surface area contributed by atoms with Crippen LogP contribution in [0.2, 0.25) is 0 Å². The molecular weight excluding hydrogens is 1030 g/mol. The van der Waals surface area contributed by atoms with Crippen LogP contribution < -0.4 is 114 Å². The number of carboxylic acid groups (broad SMARTS) is 5. The molecule has 0 aliphatic rings. The van der Waals surface area contributed by atoms with Crippen molar-refractivity contribution in [3.63, 3.8) is 0 Å². The third kappa shape index (κ3) is 37.1. The zero-order valence-corrected chi connectivity index (χ0v) is 44.8. The Hall–Kier alpha value is 0.610. The van der Waals surface area contributed by atoms with Crippen molar-refractivity contribution in [2.45, 2.75) is 122 Å². The van der Waals surface area contributed by atoms with Gasteiger partial charge in [0.15, 0.2) is 0 Å². The summed E-state index contributed by atoms with van der Waals surface area (Å²) in [5, 5.41) is 267. The molecule has 0 radical (unpaired) electrons. The van der Waals surface area contributed by atoms with E-state index in [9.17, 15) is 49.5 Å². The number of aliphatic hydroxyl groups excluding tert-OH is 25. The Morgan fingerprint density at radius 2 is 0.333 bits per heavy atom. The molecule has 35 nitrogen and oxygen atoms in total. The maximum atomic E-state index is 9.98. The van der Waals surface area contributed by atoms with E-state index in [0.717, 1.165) is 0 Å². The van der Waals surface area contributed by atoms with E-state index in [1.165, 1.54) is 0 Å². The van der Waals surface area contributed by atoms with Crippen molar-refractivity contribution in [2.24, 2.45) is 0 Å². The summed E-state index contributed by atoms with van der Waals surface area (Å²) in [6.07, 6.45) is -40.4. The molecule has 0 saturated carbocycles. The van der Waals surface area contributed by atoms with Gasteiger partial charge in [-0.15, -0.1) is 0 Å². The molecule has 69 heavy (non-hydrogen) atoms. The summed E-state index contributed by atoms with van der Waals surface area (Å²) < 4.78 is 0. The Morgan fingerprint density at radius 1 is 0.246 bits per heavy atom. The summed E-state index contributed by atoms with van der Waals surface area (Å²) in [4.78, 5) is 49.9. The first-order chi connectivity index (χ1) is 29.6. The summed E-state index contributed by atoms with van der Waals surface area (Å²) in [5.74, 6) is -9.88. The second-order valence-corrected chi connectivity index (χ2v) is 12.5. The molecule has 0 aromatic carbocycles. The summed E-state index contributed by atoms with van der Waals surface area (Å²) in [5.41, 5.74) is 0. The van der Waals surface area contributed by atoms with Crippen LogP contribution in [0.5, 0.6) is 0 Å². The molecule has 0 amide bonds. The fourth-order valence-electron chi connectivity index (χ4n) is 3.31. The van der Waals surface area contributed by atoms with Crippen molar-refractivity contribution < 1.29 is 266 Å². The largest absolute Gasteiger partial charge is 2.00 e. The van der Waals surface area contributed by atoms with E-state index in [-0.39, 0.29) is 126 Å². The van der Waals surface area contributed by atoms with Gasteiger partial charge in [0.2, 0.25) is 0 Å². The first-order valence-corrected chi connectivity index (χ1v) is 17.3. The van der Waals surface area contributed by atoms with Gasteiger partial charge in [0, 0.05) is 0 Å². The van der Waals surface area contributed by atoms with Crippen molar-refractivity contribution >= 4 is 67.6 Å². The number of aliphatic carboxylic acids is 5. The van der Waals surface area contributed by atoms with Crippen molar-refractivity contribution in [2.75, 3.05) is 33.0 Å². The molecule has 0 saturated heterocycles. The van der Waals surface area contributed by atoms with Gasteiger partial charge in [-0.25, -0.2) is 0 Å². The topological polar surface area (TPSA) is 706 Å². The molecule has 20 atom stereocenters. The Bertz CT molecular complexity index is 1100. The SMILES string of the molecule is O=C([O-])[C@H](O)[C@@H](O)[C@H](O)[C@H](O)CO.O=C([O-])[C@H](O)[C@@H](O)[C@H](O)[C@H](O)CO.O=C([O-])[C@H](O)[C@@H](O)[C@H](O)[C@H](O)CO.O=C([O-])[C@H](O)[C@@H](O)[C@H](O)[C@H](O)CO.O=C([O-])[C@H](O)[C@@H](O)[C@H](O)[C@H](O)CO.[Ca+2].[Na+].[Na+].[Na+]. The van der Waals surface area contributed by atoms with Gasteiger partial charge in [-0.05, 0) is 0 Å². The Balaban J connectivity index is -0.0000000918. The fraction of sp³-hybridized carbons (Fsp3) is 0.833. The minimum absolute atomic E-state index is 0. The number of carbonyl (C=O) groups excluding carboxylic acids is 5. The van der Waals surface area contributed by atoms with Crippen LogP contribution in [0.3, 0.4) is 0 Å². The van der Waals surface area contributed by atoms with Crippen LogP contribution in [0.4, 0.5) is 0 Å². The van der Waals surface area contributed by atoms with Crippen molar-refractivity contribution in [1.82, 2.24) is 0 Å². The second-order valence-electron chi connectivity index (χ2n) is 12.5. The molecule has 0 spiro atoms. The summed E-state index contributed by atoms with van der Waals surface area (Å²) in [6.45, 7) is -4.32. The molecule has 25 N–H and O–H groups in total. The zero-order valence-electron chi connectivity index (χ0n) is 36.6. The van der Waals surface area contributed by atoms with Crippen molar-refractivity contribution in [3.8, 4) is 0 Å². The number of hydrogen-bond acceptors (Lipinski definition) is 35. The molecule has 39 heteroatoms. The number of carbonyl (C=O) groups is 5. The number of carboxylic acids is 5. The van der Waals surface area contributed by atoms with E-state index in [1.807, 2.05) is 0 Å². The smallest absolute Gasteiger partial charge is 0.547 e. The third-order valence-corrected chi connectivity index (χ3v) is 7.48. The first kappa shape index (κ1) is 89.2. The quantitative estimate of drug-likeness (QED) is 0.0378. The third-order valence-electron chi connectivity index (χ3n) is 7.48. The minimum Gasteiger partial charge on any atom is -0.547 e. The molecule has 0 aliphatic carbocycles. The Labute approximate surface area is 483 Å². The maximum absolute atomic E-state index is 9.98. The van der Waals surface area contributed by atoms with Crippen LogP contribution in [0.15, 0.2) is 0 Å². The van der Waals surface area contributed by atoms with Crippen LogP contribution >= 0.6 is 0 Å². The van der Waals surface area contributed by atoms with Crippen LogP contribution in [-0.4, -0.2) is 350 Å². The molecule has 0 fully saturated rings. The predicted octanol–water partition coefficient (Wildman–Crippen LogP) is -33.5. The number of rotatable bonds is 25. The molecule has 390 valence electrons. The molecule has 0 heterocycles. The van der Waals surface area contributed by atoms with E-state index in [4.69, 9.17) is 128 Å². The predicted molar refractivity (Wildman–Crippen MR) is 186 cm³/mol. The van der Waals surface area contributed by atoms with Crippen molar-refractivity contribution in [1.29, 1.82) is 0 Å². The minimum atomic E-state index is -2.31. The normalized spacial score (nSPS) is 19.2. The van der Waals surface area contributed by atoms with E-state index in [2.05, 4.69) is 0 Å². The number of aliphatic hydroxyl groups is 25. The molecule has 0 bridgehead atoms. The average Bonchev–Trinajstić information content (AvgIpc) is 3.28. The Kier molecular flexibility index (Phi) is 62.4. The van der Waals surface area contributed by atoms with Gasteiger partial charge < -0.3 is 177 Å². The van der Waals surface area contributed by atoms with Crippen molar-refractivity contribution in [3.05, 3.63) is 0 Å². The number of hydrogen-bond donors (Lipinski definition) is 25. The molecule has 0 aliphatic heterocycles. The maximum Gasteiger partial charge on any atom is 2.00 e. The second kappa shape index (κ2) is 48.3. The van der Waals surface area contributed by atoms with Crippen LogP contribution in [0, 0.1) is 0 Å². The average molecular weight is 1080 g/mol. The van der Waals surface area contributed by atoms with E-state index >= 15 is 0 Å². The van der Waals surface area contributed by atoms with Gasteiger partial charge in [0.05, 0.1) is 62.9 Å². The van der Waals surface area contributed by atoms with E-state index < -0.39 is 185 Å². The van der Waals surface area contributed by atoms with Gasteiger partial charge in [-0.3, -0.25) is 0 Å². The van der Waals surface area contributed by atoms with Gasteiger partial charge >= 0.3 is 126 Å².